The topological polar surface area (TPSA) is 93.0 Å². The van der Waals surface area contributed by atoms with E-state index in [1.807, 2.05) is 30.3 Å². The number of morpholine rings is 1. The zero-order valence-electron chi connectivity index (χ0n) is 20.3. The zero-order chi connectivity index (χ0) is 26.0. The smallest absolute Gasteiger partial charge is 0.268 e. The van der Waals surface area contributed by atoms with Crippen LogP contribution in [-0.4, -0.2) is 54.4 Å². The predicted molar refractivity (Wildman–Crippen MR) is 146 cm³/mol. The first-order valence-electron chi connectivity index (χ1n) is 11.7. The molecule has 37 heavy (non-hydrogen) atoms. The van der Waals surface area contributed by atoms with Crippen molar-refractivity contribution in [3.05, 3.63) is 89.3 Å². The third-order valence-corrected chi connectivity index (χ3v) is 6.87. The summed E-state index contributed by atoms with van der Waals surface area (Å²) in [5.41, 5.74) is 1.28. The van der Waals surface area contributed by atoms with Crippen molar-refractivity contribution in [2.75, 3.05) is 33.4 Å². The van der Waals surface area contributed by atoms with E-state index in [4.69, 9.17) is 26.1 Å². The number of hydrogen-bond donors (Lipinski definition) is 2. The van der Waals surface area contributed by atoms with Gasteiger partial charge in [0.2, 0.25) is 0 Å². The van der Waals surface area contributed by atoms with Gasteiger partial charge in [0, 0.05) is 36.8 Å². The molecule has 192 valence electrons. The zero-order valence-corrected chi connectivity index (χ0v) is 21.9. The number of carbonyl (C=O) groups excluding carboxylic acids is 2. The van der Waals surface area contributed by atoms with Crippen molar-refractivity contribution in [2.45, 2.75) is 11.6 Å². The molecule has 0 bridgehead atoms. The molecular weight excluding hydrogens is 510 g/mol. The van der Waals surface area contributed by atoms with E-state index in [0.29, 0.717) is 39.7 Å². The highest BCUT2D eigenvalue weighted by molar-refractivity contribution is 8.22. The molecule has 0 spiro atoms. The number of thiocarbonyl (C=S) groups is 1. The van der Waals surface area contributed by atoms with Crippen LogP contribution in [0.25, 0.3) is 6.08 Å². The minimum absolute atomic E-state index is 0.0467. The number of amides is 2. The van der Waals surface area contributed by atoms with Gasteiger partial charge in [-0.2, -0.15) is 0 Å². The van der Waals surface area contributed by atoms with Crippen LogP contribution in [0.5, 0.6) is 5.75 Å². The Labute approximate surface area is 225 Å². The van der Waals surface area contributed by atoms with Crippen LogP contribution in [0.3, 0.4) is 0 Å². The average Bonchev–Trinajstić information content (AvgIpc) is 3.38. The SMILES string of the molecule is COc1ccccc1CNC(=O)C(=Cc1ccc(SC(=S)N2CCOCC2)o1)NC(=O)c1ccccc1. The Morgan fingerprint density at radius 3 is 2.54 bits per heavy atom. The fourth-order valence-corrected chi connectivity index (χ4v) is 4.75. The lowest BCUT2D eigenvalue weighted by molar-refractivity contribution is -0.117. The first-order valence-corrected chi connectivity index (χ1v) is 12.9. The Morgan fingerprint density at radius 1 is 1.05 bits per heavy atom. The molecule has 4 rings (SSSR count). The number of rotatable bonds is 8. The van der Waals surface area contributed by atoms with Gasteiger partial charge < -0.3 is 29.4 Å². The standard InChI is InChI=1S/C27H27N3O5S2/c1-33-23-10-6-5-9-20(23)18-28-26(32)22(29-25(31)19-7-3-2-4-8-19)17-21-11-12-24(35-21)37-27(36)30-13-15-34-16-14-30/h2-12,17H,13-16,18H2,1H3,(H,28,32)(H,29,31). The summed E-state index contributed by atoms with van der Waals surface area (Å²) in [6.07, 6.45) is 1.50. The van der Waals surface area contributed by atoms with Crippen molar-refractivity contribution in [1.82, 2.24) is 15.5 Å². The van der Waals surface area contributed by atoms with E-state index in [0.717, 1.165) is 18.7 Å². The van der Waals surface area contributed by atoms with E-state index < -0.39 is 11.8 Å². The summed E-state index contributed by atoms with van der Waals surface area (Å²) in [5.74, 6) is 0.187. The summed E-state index contributed by atoms with van der Waals surface area (Å²) in [5, 5.41) is 6.15. The van der Waals surface area contributed by atoms with Crippen molar-refractivity contribution in [3.8, 4) is 5.75 Å². The van der Waals surface area contributed by atoms with Crippen molar-refractivity contribution in [1.29, 1.82) is 0 Å². The second-order valence-corrected chi connectivity index (χ2v) is 9.64. The molecule has 1 saturated heterocycles. The molecule has 8 nitrogen and oxygen atoms in total. The first-order chi connectivity index (χ1) is 18.0. The second kappa shape index (κ2) is 13.1. The number of nitrogens with zero attached hydrogens (tertiary/aromatic N) is 1. The molecule has 0 aliphatic carbocycles. The van der Waals surface area contributed by atoms with Gasteiger partial charge in [-0.25, -0.2) is 0 Å². The van der Waals surface area contributed by atoms with Gasteiger partial charge in [0.15, 0.2) is 5.09 Å². The summed E-state index contributed by atoms with van der Waals surface area (Å²) in [4.78, 5) is 28.1. The molecule has 1 aliphatic rings. The third kappa shape index (κ3) is 7.45. The van der Waals surface area contributed by atoms with Gasteiger partial charge in [-0.15, -0.1) is 0 Å². The highest BCUT2D eigenvalue weighted by Gasteiger charge is 2.18. The van der Waals surface area contributed by atoms with E-state index >= 15 is 0 Å². The maximum absolute atomic E-state index is 13.2. The van der Waals surface area contributed by atoms with Gasteiger partial charge in [-0.1, -0.05) is 48.6 Å². The van der Waals surface area contributed by atoms with Crippen LogP contribution in [0, 0.1) is 0 Å². The summed E-state index contributed by atoms with van der Waals surface area (Å²) in [7, 11) is 1.57. The van der Waals surface area contributed by atoms with Gasteiger partial charge in [-0.3, -0.25) is 9.59 Å². The van der Waals surface area contributed by atoms with Crippen LogP contribution in [-0.2, 0) is 16.1 Å². The van der Waals surface area contributed by atoms with Gasteiger partial charge in [0.1, 0.15) is 21.5 Å². The molecule has 2 heterocycles. The second-order valence-electron chi connectivity index (χ2n) is 8.00. The number of methoxy groups -OCH3 is 1. The summed E-state index contributed by atoms with van der Waals surface area (Å²) in [6, 6.07) is 19.6. The van der Waals surface area contributed by atoms with Crippen molar-refractivity contribution >= 4 is 46.2 Å². The van der Waals surface area contributed by atoms with Gasteiger partial charge in [0.05, 0.1) is 20.3 Å². The molecule has 2 N–H and O–H groups in total. The molecule has 0 unspecified atom stereocenters. The van der Waals surface area contributed by atoms with E-state index in [-0.39, 0.29) is 12.2 Å². The molecule has 2 aromatic carbocycles. The van der Waals surface area contributed by atoms with Crippen molar-refractivity contribution in [2.24, 2.45) is 0 Å². The normalized spacial score (nSPS) is 13.6. The molecule has 1 aliphatic heterocycles. The van der Waals surface area contributed by atoms with Crippen molar-refractivity contribution in [3.63, 3.8) is 0 Å². The summed E-state index contributed by atoms with van der Waals surface area (Å²) in [6.45, 7) is 2.97. The van der Waals surface area contributed by atoms with E-state index in [2.05, 4.69) is 15.5 Å². The van der Waals surface area contributed by atoms with Crippen LogP contribution in [0.4, 0.5) is 0 Å². The Bertz CT molecular complexity index is 1270. The molecule has 10 heteroatoms. The molecule has 0 atom stereocenters. The summed E-state index contributed by atoms with van der Waals surface area (Å²) < 4.78 is 17.3. The highest BCUT2D eigenvalue weighted by atomic mass is 32.2. The fraction of sp³-hybridized carbons (Fsp3) is 0.222. The average molecular weight is 538 g/mol. The third-order valence-electron chi connectivity index (χ3n) is 5.51. The van der Waals surface area contributed by atoms with Gasteiger partial charge in [-0.05, 0) is 42.1 Å². The lowest BCUT2D eigenvalue weighted by Gasteiger charge is -2.28. The minimum atomic E-state index is -0.468. The number of nitrogens with one attached hydrogen (secondary N) is 2. The molecular formula is C27H27N3O5S2. The fourth-order valence-electron chi connectivity index (χ4n) is 3.57. The van der Waals surface area contributed by atoms with E-state index in [1.54, 1.807) is 43.5 Å². The van der Waals surface area contributed by atoms with E-state index in [9.17, 15) is 9.59 Å². The number of furan rings is 1. The quantitative estimate of drug-likeness (QED) is 0.252. The maximum atomic E-state index is 13.2. The molecule has 2 amide bonds. The number of benzene rings is 2. The minimum Gasteiger partial charge on any atom is -0.496 e. The monoisotopic (exact) mass is 537 g/mol. The number of hydrogen-bond acceptors (Lipinski definition) is 7. The lowest BCUT2D eigenvalue weighted by atomic mass is 10.2. The number of para-hydroxylation sites is 1. The number of thioether (sulfide) groups is 1. The Hall–Kier alpha value is -3.60. The summed E-state index contributed by atoms with van der Waals surface area (Å²) >= 11 is 6.87. The largest absolute Gasteiger partial charge is 0.496 e. The van der Waals surface area contributed by atoms with Crippen LogP contribution in [0.2, 0.25) is 0 Å². The molecule has 1 aromatic heterocycles. The number of ether oxygens (including phenoxy) is 2. The molecule has 0 radical (unpaired) electrons. The highest BCUT2D eigenvalue weighted by Crippen LogP contribution is 2.26. The lowest BCUT2D eigenvalue weighted by Crippen LogP contribution is -2.38. The first kappa shape index (κ1) is 26.5. The van der Waals surface area contributed by atoms with Gasteiger partial charge in [0.25, 0.3) is 11.8 Å². The Morgan fingerprint density at radius 2 is 1.78 bits per heavy atom. The van der Waals surface area contributed by atoms with Crippen LogP contribution < -0.4 is 15.4 Å². The molecule has 0 saturated carbocycles. The Kier molecular flexibility index (Phi) is 9.36. The molecule has 3 aromatic rings. The Balaban J connectivity index is 1.50. The van der Waals surface area contributed by atoms with Crippen LogP contribution in [0.1, 0.15) is 21.7 Å². The van der Waals surface area contributed by atoms with Crippen molar-refractivity contribution < 1.29 is 23.5 Å². The van der Waals surface area contributed by atoms with E-state index in [1.165, 1.54) is 17.8 Å². The number of carbonyl (C=O) groups is 2. The van der Waals surface area contributed by atoms with Crippen LogP contribution >= 0.6 is 24.0 Å². The molecule has 1 fully saturated rings. The predicted octanol–water partition coefficient (Wildman–Crippen LogP) is 4.08. The van der Waals surface area contributed by atoms with Crippen LogP contribution in [0.15, 0.2) is 81.9 Å². The maximum Gasteiger partial charge on any atom is 0.268 e. The van der Waals surface area contributed by atoms with Gasteiger partial charge >= 0.3 is 0 Å².